The molecular formula is C9H16ClN3O2S. The molecule has 0 saturated carbocycles. The number of halogens is 1. The van der Waals surface area contributed by atoms with Crippen LogP contribution in [0, 0.1) is 0 Å². The number of nitrogens with zero attached hydrogens (tertiary/aromatic N) is 2. The molecule has 1 aliphatic heterocycles. The lowest BCUT2D eigenvalue weighted by molar-refractivity contribution is 0.360. The van der Waals surface area contributed by atoms with Gasteiger partial charge in [0.2, 0.25) is 10.0 Å². The molecular weight excluding hydrogens is 250 g/mol. The maximum absolute atomic E-state index is 12.1. The average molecular weight is 266 g/mol. The van der Waals surface area contributed by atoms with E-state index in [2.05, 4.69) is 5.32 Å². The van der Waals surface area contributed by atoms with Gasteiger partial charge in [-0.1, -0.05) is 0 Å². The van der Waals surface area contributed by atoms with Crippen LogP contribution in [0.15, 0.2) is 23.4 Å². The van der Waals surface area contributed by atoms with Gasteiger partial charge in [0.15, 0.2) is 0 Å². The second-order valence-electron chi connectivity index (χ2n) is 3.67. The van der Waals surface area contributed by atoms with E-state index in [9.17, 15) is 8.42 Å². The van der Waals surface area contributed by atoms with Crippen LogP contribution in [0.3, 0.4) is 0 Å². The van der Waals surface area contributed by atoms with Crippen molar-refractivity contribution >= 4 is 22.4 Å². The summed E-state index contributed by atoms with van der Waals surface area (Å²) in [6.45, 7) is 2.56. The molecule has 2 heterocycles. The Labute approximate surface area is 102 Å². The maximum atomic E-state index is 12.1. The molecule has 0 aliphatic carbocycles. The highest BCUT2D eigenvalue weighted by molar-refractivity contribution is 7.89. The first-order valence-corrected chi connectivity index (χ1v) is 6.37. The molecule has 1 saturated heterocycles. The molecule has 0 unspecified atom stereocenters. The normalized spacial score (nSPS) is 18.1. The minimum atomic E-state index is -3.27. The lowest BCUT2D eigenvalue weighted by Gasteiger charge is -2.26. The van der Waals surface area contributed by atoms with E-state index in [-0.39, 0.29) is 12.4 Å². The predicted octanol–water partition coefficient (Wildman–Crippen LogP) is 0.0408. The first-order chi connectivity index (χ1) is 7.10. The molecule has 1 fully saturated rings. The van der Waals surface area contributed by atoms with Gasteiger partial charge in [-0.3, -0.25) is 0 Å². The van der Waals surface area contributed by atoms with Gasteiger partial charge in [0.1, 0.15) is 0 Å². The highest BCUT2D eigenvalue weighted by atomic mass is 35.5. The SMILES string of the molecule is Cl.Cn1ccc(S(=O)(=O)N2CCNCC2)c1. The number of nitrogens with one attached hydrogen (secondary N) is 1. The molecule has 0 amide bonds. The zero-order valence-corrected chi connectivity index (χ0v) is 10.7. The van der Waals surface area contributed by atoms with Crippen LogP contribution in [0.5, 0.6) is 0 Å². The minimum Gasteiger partial charge on any atom is -0.356 e. The largest absolute Gasteiger partial charge is 0.356 e. The Morgan fingerprint density at radius 2 is 1.94 bits per heavy atom. The van der Waals surface area contributed by atoms with E-state index in [4.69, 9.17) is 0 Å². The fourth-order valence-corrected chi connectivity index (χ4v) is 3.16. The number of sulfonamides is 1. The third-order valence-electron chi connectivity index (χ3n) is 2.52. The van der Waals surface area contributed by atoms with Crippen LogP contribution in [0.1, 0.15) is 0 Å². The van der Waals surface area contributed by atoms with Crippen molar-refractivity contribution in [3.63, 3.8) is 0 Å². The van der Waals surface area contributed by atoms with E-state index < -0.39 is 10.0 Å². The molecule has 0 bridgehead atoms. The van der Waals surface area contributed by atoms with Crippen LogP contribution in [0.4, 0.5) is 0 Å². The van der Waals surface area contributed by atoms with E-state index in [0.29, 0.717) is 18.0 Å². The third kappa shape index (κ3) is 2.57. The van der Waals surface area contributed by atoms with Crippen molar-refractivity contribution in [1.82, 2.24) is 14.2 Å². The highest BCUT2D eigenvalue weighted by Gasteiger charge is 2.26. The summed E-state index contributed by atoms with van der Waals surface area (Å²) in [5.74, 6) is 0. The van der Waals surface area contributed by atoms with Crippen LogP contribution in [0.25, 0.3) is 0 Å². The Bertz CT molecular complexity index is 437. The van der Waals surface area contributed by atoms with Crippen LogP contribution < -0.4 is 5.32 Å². The number of piperazine rings is 1. The lowest BCUT2D eigenvalue weighted by atomic mass is 10.4. The van der Waals surface area contributed by atoms with E-state index in [1.54, 1.807) is 23.0 Å². The molecule has 2 rings (SSSR count). The lowest BCUT2D eigenvalue weighted by Crippen LogP contribution is -2.46. The Kier molecular flexibility index (Phi) is 4.37. The fraction of sp³-hybridized carbons (Fsp3) is 0.556. The number of hydrogen-bond donors (Lipinski definition) is 1. The van der Waals surface area contributed by atoms with E-state index >= 15 is 0 Å². The zero-order chi connectivity index (χ0) is 10.9. The molecule has 0 radical (unpaired) electrons. The summed E-state index contributed by atoms with van der Waals surface area (Å²) in [6, 6.07) is 1.64. The predicted molar refractivity (Wildman–Crippen MR) is 64.3 cm³/mol. The molecule has 92 valence electrons. The molecule has 7 heteroatoms. The first kappa shape index (κ1) is 13.5. The summed E-state index contributed by atoms with van der Waals surface area (Å²) in [5.41, 5.74) is 0. The topological polar surface area (TPSA) is 54.3 Å². The second kappa shape index (κ2) is 5.18. The first-order valence-electron chi connectivity index (χ1n) is 4.93. The third-order valence-corrected chi connectivity index (χ3v) is 4.40. The number of aryl methyl sites for hydroxylation is 1. The Morgan fingerprint density at radius 1 is 1.31 bits per heavy atom. The van der Waals surface area contributed by atoms with E-state index in [1.165, 1.54) is 4.31 Å². The highest BCUT2D eigenvalue weighted by Crippen LogP contribution is 2.15. The van der Waals surface area contributed by atoms with Gasteiger partial charge >= 0.3 is 0 Å². The van der Waals surface area contributed by atoms with Crippen LogP contribution >= 0.6 is 12.4 Å². The Hall–Kier alpha value is -0.560. The second-order valence-corrected chi connectivity index (χ2v) is 5.60. The summed E-state index contributed by atoms with van der Waals surface area (Å²) >= 11 is 0. The van der Waals surface area contributed by atoms with Crippen molar-refractivity contribution in [2.24, 2.45) is 7.05 Å². The van der Waals surface area contributed by atoms with Crippen molar-refractivity contribution in [3.05, 3.63) is 18.5 Å². The summed E-state index contributed by atoms with van der Waals surface area (Å²) < 4.78 is 27.4. The molecule has 16 heavy (non-hydrogen) atoms. The Morgan fingerprint density at radius 3 is 2.44 bits per heavy atom. The number of rotatable bonds is 2. The van der Waals surface area contributed by atoms with Gasteiger partial charge in [0.05, 0.1) is 4.90 Å². The van der Waals surface area contributed by atoms with Gasteiger partial charge in [-0.05, 0) is 6.07 Å². The average Bonchev–Trinajstić information content (AvgIpc) is 2.67. The van der Waals surface area contributed by atoms with E-state index in [1.807, 2.05) is 7.05 Å². The summed E-state index contributed by atoms with van der Waals surface area (Å²) in [4.78, 5) is 0.381. The smallest absolute Gasteiger partial charge is 0.244 e. The van der Waals surface area contributed by atoms with Crippen LogP contribution in [-0.2, 0) is 17.1 Å². The van der Waals surface area contributed by atoms with Crippen molar-refractivity contribution in [3.8, 4) is 0 Å². The number of hydrogen-bond acceptors (Lipinski definition) is 3. The van der Waals surface area contributed by atoms with Crippen LogP contribution in [0.2, 0.25) is 0 Å². The molecule has 1 N–H and O–H groups in total. The van der Waals surface area contributed by atoms with Crippen molar-refractivity contribution in [2.75, 3.05) is 26.2 Å². The fourth-order valence-electron chi connectivity index (χ4n) is 1.66. The van der Waals surface area contributed by atoms with Crippen molar-refractivity contribution in [1.29, 1.82) is 0 Å². The molecule has 0 atom stereocenters. The molecule has 0 spiro atoms. The van der Waals surface area contributed by atoms with Gasteiger partial charge < -0.3 is 9.88 Å². The van der Waals surface area contributed by atoms with Crippen molar-refractivity contribution < 1.29 is 8.42 Å². The molecule has 0 aromatic carbocycles. The van der Waals surface area contributed by atoms with Gasteiger partial charge in [0.25, 0.3) is 0 Å². The quantitative estimate of drug-likeness (QED) is 0.822. The van der Waals surface area contributed by atoms with Crippen LogP contribution in [-0.4, -0.2) is 43.5 Å². The summed E-state index contributed by atoms with van der Waals surface area (Å²) in [5, 5.41) is 3.13. The molecule has 1 aliphatic rings. The molecule has 1 aromatic rings. The standard InChI is InChI=1S/C9H15N3O2S.ClH/c1-11-5-2-9(8-11)15(13,14)12-6-3-10-4-7-12;/h2,5,8,10H,3-4,6-7H2,1H3;1H. The zero-order valence-electron chi connectivity index (χ0n) is 9.09. The molecule has 1 aromatic heterocycles. The van der Waals surface area contributed by atoms with E-state index in [0.717, 1.165) is 13.1 Å². The summed E-state index contributed by atoms with van der Waals surface area (Å²) in [6.07, 6.45) is 3.38. The monoisotopic (exact) mass is 265 g/mol. The van der Waals surface area contributed by atoms with Gasteiger partial charge in [0, 0.05) is 45.6 Å². The van der Waals surface area contributed by atoms with Crippen molar-refractivity contribution in [2.45, 2.75) is 4.90 Å². The minimum absolute atomic E-state index is 0. The summed E-state index contributed by atoms with van der Waals surface area (Å²) in [7, 11) is -1.45. The van der Waals surface area contributed by atoms with Gasteiger partial charge in [-0.2, -0.15) is 4.31 Å². The molecule has 5 nitrogen and oxygen atoms in total. The number of aromatic nitrogens is 1. The maximum Gasteiger partial charge on any atom is 0.244 e. The van der Waals surface area contributed by atoms with Gasteiger partial charge in [-0.25, -0.2) is 8.42 Å². The Balaban J connectivity index is 0.00000128. The van der Waals surface area contributed by atoms with Gasteiger partial charge in [-0.15, -0.1) is 12.4 Å².